The van der Waals surface area contributed by atoms with Gasteiger partial charge < -0.3 is 4.79 Å². The zero-order valence-electron chi connectivity index (χ0n) is 10.4. The largest absolute Gasteiger partial charge is 0.300 e. The Hall–Kier alpha value is -1.27. The zero-order chi connectivity index (χ0) is 13.2. The van der Waals surface area contributed by atoms with Gasteiger partial charge in [-0.15, -0.1) is 0 Å². The van der Waals surface area contributed by atoms with E-state index in [2.05, 4.69) is 21.5 Å². The van der Waals surface area contributed by atoms with Gasteiger partial charge in [0.05, 0.1) is 0 Å². The van der Waals surface area contributed by atoms with Crippen LogP contribution in [0.3, 0.4) is 0 Å². The number of hydrogen-bond donors (Lipinski definition) is 2. The summed E-state index contributed by atoms with van der Waals surface area (Å²) in [4.78, 5) is 21.9. The third kappa shape index (κ3) is 7.14. The maximum atomic E-state index is 11.3. The molecule has 0 aromatic heterocycles. The van der Waals surface area contributed by atoms with Gasteiger partial charge in [0.15, 0.2) is 0 Å². The minimum absolute atomic E-state index is 0.0344. The molecule has 0 spiro atoms. The molecule has 2 N–H and O–H groups in total. The standard InChI is InChI=1S/C12H17BN2O2S/c1-10(16)7-8-12(17)14-18-15-13-9-11-5-3-2-4-6-11/h2-6,13,15H,7-9H2,1H3,(H,14,17). The summed E-state index contributed by atoms with van der Waals surface area (Å²) >= 11 is 1.17. The van der Waals surface area contributed by atoms with Gasteiger partial charge >= 0.3 is 0 Å². The monoisotopic (exact) mass is 264 g/mol. The molecule has 0 atom stereocenters. The molecule has 0 heterocycles. The number of Topliss-reactive ketones (excluding diaryl/α,β-unsaturated/α-hetero) is 1. The number of nitrogens with one attached hydrogen (secondary N) is 2. The molecule has 1 amide bonds. The van der Waals surface area contributed by atoms with Gasteiger partial charge in [-0.1, -0.05) is 35.9 Å². The van der Waals surface area contributed by atoms with Gasteiger partial charge in [0.25, 0.3) is 0 Å². The Balaban J connectivity index is 2.02. The summed E-state index contributed by atoms with van der Waals surface area (Å²) < 4.78 is 5.69. The first kappa shape index (κ1) is 14.8. The van der Waals surface area contributed by atoms with E-state index in [-0.39, 0.29) is 18.1 Å². The fourth-order valence-electron chi connectivity index (χ4n) is 1.32. The summed E-state index contributed by atoms with van der Waals surface area (Å²) in [6.07, 6.45) is 1.47. The molecule has 0 saturated carbocycles. The number of carbonyl (C=O) groups excluding carboxylic acids is 2. The highest BCUT2D eigenvalue weighted by molar-refractivity contribution is 7.96. The van der Waals surface area contributed by atoms with Crippen molar-refractivity contribution in [2.45, 2.75) is 26.1 Å². The molecule has 0 fully saturated rings. The van der Waals surface area contributed by atoms with E-state index in [0.29, 0.717) is 6.42 Å². The van der Waals surface area contributed by atoms with Gasteiger partial charge in [-0.05, 0) is 13.2 Å². The lowest BCUT2D eigenvalue weighted by Crippen LogP contribution is -2.24. The van der Waals surface area contributed by atoms with Crippen molar-refractivity contribution in [3.05, 3.63) is 35.9 Å². The average Bonchev–Trinajstić information content (AvgIpc) is 2.37. The first-order valence-corrected chi connectivity index (χ1v) is 6.71. The molecule has 0 saturated heterocycles. The highest BCUT2D eigenvalue weighted by Crippen LogP contribution is 1.98. The van der Waals surface area contributed by atoms with Gasteiger partial charge in [0.1, 0.15) is 5.78 Å². The summed E-state index contributed by atoms with van der Waals surface area (Å²) in [6.45, 7) is 1.48. The smallest absolute Gasteiger partial charge is 0.231 e. The van der Waals surface area contributed by atoms with Crippen LogP contribution in [0.4, 0.5) is 0 Å². The lowest BCUT2D eigenvalue weighted by atomic mass is 9.86. The van der Waals surface area contributed by atoms with Crippen LogP contribution in [0, 0.1) is 0 Å². The molecule has 1 aromatic rings. The molecular formula is C12H17BN2O2S. The predicted molar refractivity (Wildman–Crippen MR) is 76.1 cm³/mol. The van der Waals surface area contributed by atoms with Crippen molar-refractivity contribution in [1.82, 2.24) is 9.36 Å². The molecule has 96 valence electrons. The van der Waals surface area contributed by atoms with Crippen molar-refractivity contribution in [3.63, 3.8) is 0 Å². The lowest BCUT2D eigenvalue weighted by Gasteiger charge is -2.04. The quantitative estimate of drug-likeness (QED) is 0.420. The van der Waals surface area contributed by atoms with Crippen LogP contribution in [0.25, 0.3) is 0 Å². The Morgan fingerprint density at radius 2 is 1.94 bits per heavy atom. The maximum Gasteiger partial charge on any atom is 0.231 e. The SMILES string of the molecule is CC(=O)CCC(=O)NSNBCc1ccccc1. The van der Waals surface area contributed by atoms with E-state index in [1.165, 1.54) is 24.6 Å². The van der Waals surface area contributed by atoms with E-state index >= 15 is 0 Å². The molecular weight excluding hydrogens is 247 g/mol. The van der Waals surface area contributed by atoms with Crippen LogP contribution < -0.4 is 9.36 Å². The molecule has 18 heavy (non-hydrogen) atoms. The average molecular weight is 264 g/mol. The number of carbonyl (C=O) groups is 2. The van der Waals surface area contributed by atoms with Crippen molar-refractivity contribution >= 4 is 31.2 Å². The molecule has 0 radical (unpaired) electrons. The Labute approximate surface area is 112 Å². The van der Waals surface area contributed by atoms with Gasteiger partial charge in [-0.25, -0.2) is 0 Å². The van der Waals surface area contributed by atoms with E-state index in [0.717, 1.165) is 13.7 Å². The van der Waals surface area contributed by atoms with Gasteiger partial charge in [-0.3, -0.25) is 14.1 Å². The summed E-state index contributed by atoms with van der Waals surface area (Å²) in [5, 5.41) is 0. The first-order valence-electron chi connectivity index (χ1n) is 5.89. The fourth-order valence-corrected chi connectivity index (χ4v) is 1.82. The molecule has 0 bridgehead atoms. The predicted octanol–water partition coefficient (Wildman–Crippen LogP) is 1.18. The first-order chi connectivity index (χ1) is 8.68. The van der Waals surface area contributed by atoms with E-state index in [1.54, 1.807) is 0 Å². The number of hydrogen-bond acceptors (Lipinski definition) is 4. The van der Waals surface area contributed by atoms with Crippen molar-refractivity contribution in [3.8, 4) is 0 Å². The van der Waals surface area contributed by atoms with E-state index in [4.69, 9.17) is 0 Å². The summed E-state index contributed by atoms with van der Waals surface area (Å²) in [5.41, 5.74) is 1.26. The Morgan fingerprint density at radius 3 is 2.61 bits per heavy atom. The van der Waals surface area contributed by atoms with E-state index in [9.17, 15) is 9.59 Å². The van der Waals surface area contributed by atoms with Crippen LogP contribution in [0.2, 0.25) is 0 Å². The summed E-state index contributed by atoms with van der Waals surface area (Å²) in [7, 11) is 0.779. The molecule has 1 rings (SSSR count). The summed E-state index contributed by atoms with van der Waals surface area (Å²) in [5.74, 6) is -0.0883. The van der Waals surface area contributed by atoms with Crippen LogP contribution in [-0.4, -0.2) is 19.1 Å². The van der Waals surface area contributed by atoms with Crippen LogP contribution >= 0.6 is 12.1 Å². The van der Waals surface area contributed by atoms with E-state index in [1.807, 2.05) is 18.2 Å². The second-order valence-electron chi connectivity index (χ2n) is 3.96. The van der Waals surface area contributed by atoms with Gasteiger partial charge in [0.2, 0.25) is 13.3 Å². The third-order valence-corrected chi connectivity index (χ3v) is 2.98. The Kier molecular flexibility index (Phi) is 7.21. The van der Waals surface area contributed by atoms with Crippen LogP contribution in [-0.2, 0) is 15.9 Å². The van der Waals surface area contributed by atoms with Crippen LogP contribution in [0.1, 0.15) is 25.3 Å². The highest BCUT2D eigenvalue weighted by Gasteiger charge is 2.03. The van der Waals surface area contributed by atoms with Crippen molar-refractivity contribution in [1.29, 1.82) is 0 Å². The number of benzene rings is 1. The second kappa shape index (κ2) is 8.77. The number of rotatable bonds is 8. The lowest BCUT2D eigenvalue weighted by molar-refractivity contribution is -0.123. The Morgan fingerprint density at radius 1 is 1.22 bits per heavy atom. The van der Waals surface area contributed by atoms with Crippen LogP contribution in [0.15, 0.2) is 30.3 Å². The molecule has 0 aliphatic carbocycles. The molecule has 0 unspecified atom stereocenters. The minimum Gasteiger partial charge on any atom is -0.300 e. The third-order valence-electron chi connectivity index (χ3n) is 2.30. The zero-order valence-corrected chi connectivity index (χ0v) is 11.3. The maximum absolute atomic E-state index is 11.3. The van der Waals surface area contributed by atoms with Crippen LogP contribution in [0.5, 0.6) is 0 Å². The minimum atomic E-state index is -0.123. The fraction of sp³-hybridized carbons (Fsp3) is 0.333. The number of ketones is 1. The summed E-state index contributed by atoms with van der Waals surface area (Å²) in [6, 6.07) is 10.1. The topological polar surface area (TPSA) is 58.2 Å². The normalized spacial score (nSPS) is 9.83. The Bertz CT molecular complexity index is 387. The molecule has 0 aliphatic heterocycles. The highest BCUT2D eigenvalue weighted by atomic mass is 32.2. The second-order valence-corrected chi connectivity index (χ2v) is 4.66. The van der Waals surface area contributed by atoms with Crippen molar-refractivity contribution < 1.29 is 9.59 Å². The van der Waals surface area contributed by atoms with Crippen molar-refractivity contribution in [2.75, 3.05) is 0 Å². The number of amides is 1. The molecule has 1 aromatic carbocycles. The van der Waals surface area contributed by atoms with E-state index < -0.39 is 0 Å². The van der Waals surface area contributed by atoms with Crippen molar-refractivity contribution in [2.24, 2.45) is 0 Å². The molecule has 0 aliphatic rings. The molecule has 6 heteroatoms. The van der Waals surface area contributed by atoms with Gasteiger partial charge in [-0.2, -0.15) is 0 Å². The molecule has 4 nitrogen and oxygen atoms in total. The van der Waals surface area contributed by atoms with Gasteiger partial charge in [0, 0.05) is 25.0 Å².